The van der Waals surface area contributed by atoms with Crippen molar-refractivity contribution in [3.8, 4) is 0 Å². The molecule has 98 valence electrons. The fraction of sp³-hybridized carbons (Fsp3) is 0.333. The molecule has 5 N–H and O–H groups in total. The lowest BCUT2D eigenvalue weighted by atomic mass is 10.2. The Kier molecular flexibility index (Phi) is 5.67. The van der Waals surface area contributed by atoms with Crippen LogP contribution in [0.25, 0.3) is 0 Å². The molecule has 18 heavy (non-hydrogen) atoms. The van der Waals surface area contributed by atoms with E-state index in [1.807, 2.05) is 6.92 Å². The van der Waals surface area contributed by atoms with Crippen molar-refractivity contribution in [2.75, 3.05) is 16.8 Å². The highest BCUT2D eigenvalue weighted by Crippen LogP contribution is 2.10. The Morgan fingerprint density at radius 1 is 1.33 bits per heavy atom. The van der Waals surface area contributed by atoms with Crippen LogP contribution in [-0.4, -0.2) is 29.4 Å². The fourth-order valence-corrected chi connectivity index (χ4v) is 2.00. The summed E-state index contributed by atoms with van der Waals surface area (Å²) in [5.74, 6) is 0.528. The van der Waals surface area contributed by atoms with Gasteiger partial charge in [-0.05, 0) is 31.2 Å². The number of benzene rings is 1. The van der Waals surface area contributed by atoms with Gasteiger partial charge in [-0.2, -0.15) is 11.8 Å². The smallest absolute Gasteiger partial charge is 0.248 e. The Labute approximate surface area is 110 Å². The van der Waals surface area contributed by atoms with Crippen LogP contribution in [0.3, 0.4) is 0 Å². The molecule has 0 saturated carbocycles. The zero-order valence-corrected chi connectivity index (χ0v) is 11.0. The lowest BCUT2D eigenvalue weighted by Crippen LogP contribution is -2.20. The number of nitrogens with one attached hydrogen (secondary N) is 1. The molecule has 0 aliphatic rings. The summed E-state index contributed by atoms with van der Waals surface area (Å²) in [4.78, 5) is 22.4. The molecule has 0 aromatic heterocycles. The van der Waals surface area contributed by atoms with Gasteiger partial charge in [-0.3, -0.25) is 9.59 Å². The highest BCUT2D eigenvalue weighted by molar-refractivity contribution is 8.00. The molecule has 0 saturated heterocycles. The van der Waals surface area contributed by atoms with E-state index in [0.717, 1.165) is 5.75 Å². The van der Waals surface area contributed by atoms with Gasteiger partial charge in [0.2, 0.25) is 11.8 Å². The molecule has 1 unspecified atom stereocenters. The predicted octanol–water partition coefficient (Wildman–Crippen LogP) is 0.804. The summed E-state index contributed by atoms with van der Waals surface area (Å²) in [5.41, 5.74) is 11.8. The number of amides is 2. The van der Waals surface area contributed by atoms with Crippen molar-refractivity contribution in [2.24, 2.45) is 11.5 Å². The van der Waals surface area contributed by atoms with Crippen LogP contribution in [0.2, 0.25) is 0 Å². The summed E-state index contributed by atoms with van der Waals surface area (Å²) in [6.07, 6.45) is 0. The maximum Gasteiger partial charge on any atom is 0.248 e. The van der Waals surface area contributed by atoms with Gasteiger partial charge < -0.3 is 16.8 Å². The second kappa shape index (κ2) is 7.03. The topological polar surface area (TPSA) is 98.2 Å². The predicted molar refractivity (Wildman–Crippen MR) is 74.6 cm³/mol. The third kappa shape index (κ3) is 5.20. The first-order valence-corrected chi connectivity index (χ1v) is 6.67. The van der Waals surface area contributed by atoms with E-state index >= 15 is 0 Å². The van der Waals surface area contributed by atoms with E-state index in [4.69, 9.17) is 11.5 Å². The van der Waals surface area contributed by atoms with Crippen LogP contribution >= 0.6 is 11.8 Å². The number of thioether (sulfide) groups is 1. The molecule has 1 aromatic carbocycles. The third-order valence-corrected chi connectivity index (χ3v) is 3.29. The first-order chi connectivity index (χ1) is 8.49. The van der Waals surface area contributed by atoms with E-state index in [-0.39, 0.29) is 11.9 Å². The molecule has 0 spiro atoms. The Hall–Kier alpha value is -1.53. The van der Waals surface area contributed by atoms with Gasteiger partial charge in [-0.1, -0.05) is 0 Å². The van der Waals surface area contributed by atoms with Crippen molar-refractivity contribution in [2.45, 2.75) is 13.0 Å². The lowest BCUT2D eigenvalue weighted by Gasteiger charge is -2.07. The monoisotopic (exact) mass is 267 g/mol. The highest BCUT2D eigenvalue weighted by Gasteiger charge is 2.05. The number of hydrogen-bond donors (Lipinski definition) is 3. The number of carbonyl (C=O) groups excluding carboxylic acids is 2. The molecule has 1 rings (SSSR count). The number of hydrogen-bond acceptors (Lipinski definition) is 4. The first kappa shape index (κ1) is 14.5. The van der Waals surface area contributed by atoms with E-state index in [0.29, 0.717) is 17.0 Å². The first-order valence-electron chi connectivity index (χ1n) is 5.52. The van der Waals surface area contributed by atoms with Crippen LogP contribution in [0.4, 0.5) is 5.69 Å². The maximum atomic E-state index is 11.5. The zero-order valence-electron chi connectivity index (χ0n) is 10.2. The molecule has 0 heterocycles. The number of anilines is 1. The van der Waals surface area contributed by atoms with Crippen LogP contribution in [0.5, 0.6) is 0 Å². The molecule has 1 aromatic rings. The number of primary amides is 1. The van der Waals surface area contributed by atoms with Gasteiger partial charge in [-0.15, -0.1) is 0 Å². The highest BCUT2D eigenvalue weighted by atomic mass is 32.2. The number of carbonyl (C=O) groups is 2. The molecular weight excluding hydrogens is 250 g/mol. The number of nitrogens with two attached hydrogens (primary N) is 2. The lowest BCUT2D eigenvalue weighted by molar-refractivity contribution is -0.113. The van der Waals surface area contributed by atoms with E-state index in [2.05, 4.69) is 5.32 Å². The largest absolute Gasteiger partial charge is 0.366 e. The van der Waals surface area contributed by atoms with Gasteiger partial charge in [-0.25, -0.2) is 0 Å². The SMILES string of the molecule is CC(N)CSCC(=O)Nc1ccc(C(N)=O)cc1. The van der Waals surface area contributed by atoms with Crippen LogP contribution in [-0.2, 0) is 4.79 Å². The molecule has 0 aliphatic heterocycles. The average Bonchev–Trinajstić information content (AvgIpc) is 2.29. The summed E-state index contributed by atoms with van der Waals surface area (Å²) in [6.45, 7) is 1.90. The maximum absolute atomic E-state index is 11.5. The van der Waals surface area contributed by atoms with Crippen molar-refractivity contribution < 1.29 is 9.59 Å². The summed E-state index contributed by atoms with van der Waals surface area (Å²) in [5, 5.41) is 2.73. The Balaban J connectivity index is 2.42. The minimum absolute atomic E-state index is 0.0812. The van der Waals surface area contributed by atoms with E-state index in [9.17, 15) is 9.59 Å². The van der Waals surface area contributed by atoms with Gasteiger partial charge >= 0.3 is 0 Å². The van der Waals surface area contributed by atoms with Gasteiger partial charge in [0.15, 0.2) is 0 Å². The summed E-state index contributed by atoms with van der Waals surface area (Å²) in [6, 6.07) is 6.53. The Bertz CT molecular complexity index is 418. The molecule has 0 aliphatic carbocycles. The molecule has 0 fully saturated rings. The average molecular weight is 267 g/mol. The van der Waals surface area contributed by atoms with Gasteiger partial charge in [0.05, 0.1) is 5.75 Å². The Morgan fingerprint density at radius 2 is 1.94 bits per heavy atom. The van der Waals surface area contributed by atoms with E-state index < -0.39 is 5.91 Å². The second-order valence-electron chi connectivity index (χ2n) is 3.98. The standard InChI is InChI=1S/C12H17N3O2S/c1-8(13)6-18-7-11(16)15-10-4-2-9(3-5-10)12(14)17/h2-5,8H,6-7,13H2,1H3,(H2,14,17)(H,15,16). The molecule has 0 bridgehead atoms. The summed E-state index contributed by atoms with van der Waals surface area (Å²) >= 11 is 1.49. The van der Waals surface area contributed by atoms with Crippen LogP contribution < -0.4 is 16.8 Å². The fourth-order valence-electron chi connectivity index (χ4n) is 1.25. The molecule has 1 atom stereocenters. The molecule has 6 heteroatoms. The molecular formula is C12H17N3O2S. The summed E-state index contributed by atoms with van der Waals surface area (Å²) < 4.78 is 0. The van der Waals surface area contributed by atoms with Crippen molar-refractivity contribution in [1.82, 2.24) is 0 Å². The zero-order chi connectivity index (χ0) is 13.5. The summed E-state index contributed by atoms with van der Waals surface area (Å²) in [7, 11) is 0. The minimum atomic E-state index is -0.486. The van der Waals surface area contributed by atoms with Gasteiger partial charge in [0.25, 0.3) is 0 Å². The van der Waals surface area contributed by atoms with Crippen molar-refractivity contribution in [3.63, 3.8) is 0 Å². The van der Waals surface area contributed by atoms with Gasteiger partial charge in [0, 0.05) is 23.0 Å². The molecule has 2 amide bonds. The molecule has 0 radical (unpaired) electrons. The van der Waals surface area contributed by atoms with Crippen molar-refractivity contribution in [1.29, 1.82) is 0 Å². The normalized spacial score (nSPS) is 11.9. The third-order valence-electron chi connectivity index (χ3n) is 2.07. The number of rotatable bonds is 6. The Morgan fingerprint density at radius 3 is 2.44 bits per heavy atom. The second-order valence-corrected chi connectivity index (χ2v) is 5.01. The van der Waals surface area contributed by atoms with E-state index in [1.54, 1.807) is 24.3 Å². The van der Waals surface area contributed by atoms with E-state index in [1.165, 1.54) is 11.8 Å². The van der Waals surface area contributed by atoms with Crippen LogP contribution in [0.15, 0.2) is 24.3 Å². The molecule has 5 nitrogen and oxygen atoms in total. The van der Waals surface area contributed by atoms with Crippen LogP contribution in [0, 0.1) is 0 Å². The minimum Gasteiger partial charge on any atom is -0.366 e. The van der Waals surface area contributed by atoms with Crippen LogP contribution in [0.1, 0.15) is 17.3 Å². The van der Waals surface area contributed by atoms with Crippen molar-refractivity contribution >= 4 is 29.3 Å². The van der Waals surface area contributed by atoms with Crippen molar-refractivity contribution in [3.05, 3.63) is 29.8 Å². The van der Waals surface area contributed by atoms with Gasteiger partial charge in [0.1, 0.15) is 0 Å². The quantitative estimate of drug-likeness (QED) is 0.710.